The Morgan fingerprint density at radius 2 is 2.12 bits per heavy atom. The number of carbonyl (C=O) groups excluding carboxylic acids is 1. The molecule has 1 aliphatic heterocycles. The van der Waals surface area contributed by atoms with Crippen LogP contribution in [0.15, 0.2) is 27.7 Å². The van der Waals surface area contributed by atoms with Crippen molar-refractivity contribution in [1.82, 2.24) is 14.9 Å². The van der Waals surface area contributed by atoms with Gasteiger partial charge in [-0.1, -0.05) is 18.0 Å². The van der Waals surface area contributed by atoms with Gasteiger partial charge in [-0.25, -0.2) is 4.98 Å². The number of hydrogen-bond acceptors (Lipinski definition) is 4. The Balaban J connectivity index is 0.00000156. The molecule has 1 aliphatic rings. The summed E-state index contributed by atoms with van der Waals surface area (Å²) in [6, 6.07) is 3.52. The van der Waals surface area contributed by atoms with Gasteiger partial charge in [0.05, 0.1) is 28.8 Å². The highest BCUT2D eigenvalue weighted by atomic mass is 79.9. The summed E-state index contributed by atoms with van der Waals surface area (Å²) < 4.78 is 2.05. The summed E-state index contributed by atoms with van der Waals surface area (Å²) in [5.74, 6) is 0.0378. The molecule has 0 bridgehead atoms. The van der Waals surface area contributed by atoms with Crippen LogP contribution in [0.25, 0.3) is 10.9 Å². The Kier molecular flexibility index (Phi) is 9.25. The van der Waals surface area contributed by atoms with Crippen molar-refractivity contribution in [1.29, 1.82) is 0 Å². The summed E-state index contributed by atoms with van der Waals surface area (Å²) in [5, 5.41) is 4.22. The van der Waals surface area contributed by atoms with E-state index in [9.17, 15) is 9.59 Å². The molecule has 0 spiro atoms. The number of aromatic nitrogens is 2. The standard InChI is InChI=1S/C16H17BrClN3O2.2BrH/c17-13-7-15-12(6-14(13)18)16(23)21(9-20-15)8-11(22)5-10-3-1-2-4-19-10;;/h6-7,9-10,19H,1-5,8H2;2*1H/t10-;;/m0../s1. The Labute approximate surface area is 180 Å². The average Bonchev–Trinajstić information content (AvgIpc) is 2.53. The molecule has 1 N–H and O–H groups in total. The monoisotopic (exact) mass is 557 g/mol. The maximum absolute atomic E-state index is 12.5. The second-order valence-electron chi connectivity index (χ2n) is 5.85. The van der Waals surface area contributed by atoms with Crippen molar-refractivity contribution in [3.05, 3.63) is 38.3 Å². The number of Topliss-reactive ketones (excluding diaryl/α,β-unsaturated/α-hetero) is 1. The molecule has 1 aromatic heterocycles. The normalized spacial score (nSPS) is 16.8. The Morgan fingerprint density at radius 1 is 1.36 bits per heavy atom. The number of hydrogen-bond donors (Lipinski definition) is 1. The predicted molar refractivity (Wildman–Crippen MR) is 115 cm³/mol. The van der Waals surface area contributed by atoms with Crippen LogP contribution < -0.4 is 10.9 Å². The van der Waals surface area contributed by atoms with Gasteiger partial charge in [0.2, 0.25) is 0 Å². The molecule has 2 heterocycles. The number of rotatable bonds is 4. The maximum atomic E-state index is 12.5. The van der Waals surface area contributed by atoms with Crippen LogP contribution in [-0.4, -0.2) is 27.9 Å². The third kappa shape index (κ3) is 5.60. The van der Waals surface area contributed by atoms with E-state index in [-0.39, 0.29) is 57.9 Å². The molecule has 9 heteroatoms. The topological polar surface area (TPSA) is 64.0 Å². The molecular weight excluding hydrogens is 541 g/mol. The third-order valence-corrected chi connectivity index (χ3v) is 5.30. The van der Waals surface area contributed by atoms with Crippen molar-refractivity contribution in [2.75, 3.05) is 6.54 Å². The number of fused-ring (bicyclic) bond motifs is 1. The molecule has 0 radical (unpaired) electrons. The SMILES string of the molecule is Br.Br.O=C(C[C@@H]1CCCCN1)Cn1cnc2cc(Br)c(Cl)cc2c1=O. The van der Waals surface area contributed by atoms with Crippen LogP contribution in [0.4, 0.5) is 0 Å². The molecule has 5 nitrogen and oxygen atoms in total. The lowest BCUT2D eigenvalue weighted by atomic mass is 10.00. The largest absolute Gasteiger partial charge is 0.314 e. The molecule has 1 atom stereocenters. The van der Waals surface area contributed by atoms with Crippen molar-refractivity contribution < 1.29 is 4.79 Å². The number of benzene rings is 1. The van der Waals surface area contributed by atoms with Crippen LogP contribution in [0.5, 0.6) is 0 Å². The molecule has 3 rings (SSSR count). The molecular formula is C16H19Br3ClN3O2. The molecule has 1 fully saturated rings. The van der Waals surface area contributed by atoms with Gasteiger partial charge in [-0.15, -0.1) is 34.0 Å². The number of halogens is 4. The van der Waals surface area contributed by atoms with Gasteiger partial charge >= 0.3 is 0 Å². The quantitative estimate of drug-likeness (QED) is 0.613. The maximum Gasteiger partial charge on any atom is 0.261 e. The fourth-order valence-electron chi connectivity index (χ4n) is 2.89. The Morgan fingerprint density at radius 3 is 2.80 bits per heavy atom. The minimum absolute atomic E-state index is 0. The lowest BCUT2D eigenvalue weighted by molar-refractivity contribution is -0.120. The number of ketones is 1. The fraction of sp³-hybridized carbons (Fsp3) is 0.438. The highest BCUT2D eigenvalue weighted by Gasteiger charge is 2.17. The summed E-state index contributed by atoms with van der Waals surface area (Å²) >= 11 is 9.36. The average molecular weight is 561 g/mol. The number of piperidine rings is 1. The van der Waals surface area contributed by atoms with Crippen LogP contribution in [0.2, 0.25) is 5.02 Å². The zero-order chi connectivity index (χ0) is 16.4. The smallest absolute Gasteiger partial charge is 0.261 e. The van der Waals surface area contributed by atoms with Crippen molar-refractivity contribution in [2.45, 2.75) is 38.3 Å². The van der Waals surface area contributed by atoms with Crippen LogP contribution in [0.3, 0.4) is 0 Å². The molecule has 25 heavy (non-hydrogen) atoms. The summed E-state index contributed by atoms with van der Waals surface area (Å²) in [7, 11) is 0. The highest BCUT2D eigenvalue weighted by molar-refractivity contribution is 9.10. The van der Waals surface area contributed by atoms with E-state index in [2.05, 4.69) is 26.2 Å². The summed E-state index contributed by atoms with van der Waals surface area (Å²) in [6.45, 7) is 1.01. The highest BCUT2D eigenvalue weighted by Crippen LogP contribution is 2.25. The van der Waals surface area contributed by atoms with E-state index in [1.165, 1.54) is 10.9 Å². The van der Waals surface area contributed by atoms with Gasteiger partial charge in [-0.2, -0.15) is 0 Å². The fourth-order valence-corrected chi connectivity index (χ4v) is 3.39. The van der Waals surface area contributed by atoms with Gasteiger partial charge in [0.1, 0.15) is 0 Å². The molecule has 2 aromatic rings. The number of nitrogens with one attached hydrogen (secondary N) is 1. The second kappa shape index (κ2) is 10.2. The zero-order valence-electron chi connectivity index (χ0n) is 13.3. The van der Waals surface area contributed by atoms with Crippen molar-refractivity contribution in [3.63, 3.8) is 0 Å². The van der Waals surface area contributed by atoms with Crippen LogP contribution in [0.1, 0.15) is 25.7 Å². The van der Waals surface area contributed by atoms with E-state index in [0.717, 1.165) is 25.8 Å². The van der Waals surface area contributed by atoms with Crippen molar-refractivity contribution in [3.8, 4) is 0 Å². The van der Waals surface area contributed by atoms with Crippen molar-refractivity contribution >= 4 is 78.2 Å². The molecule has 0 saturated carbocycles. The first-order valence-electron chi connectivity index (χ1n) is 7.64. The summed E-state index contributed by atoms with van der Waals surface area (Å²) in [4.78, 5) is 29.0. The predicted octanol–water partition coefficient (Wildman–Crippen LogP) is 4.07. The lowest BCUT2D eigenvalue weighted by Gasteiger charge is -2.22. The third-order valence-electron chi connectivity index (χ3n) is 4.10. The van der Waals surface area contributed by atoms with Gasteiger partial charge in [-0.3, -0.25) is 14.2 Å². The molecule has 1 saturated heterocycles. The van der Waals surface area contributed by atoms with E-state index >= 15 is 0 Å². The first-order chi connectivity index (χ1) is 11.0. The van der Waals surface area contributed by atoms with Gasteiger partial charge in [0, 0.05) is 16.9 Å². The minimum atomic E-state index is -0.241. The molecule has 138 valence electrons. The van der Waals surface area contributed by atoms with E-state index in [4.69, 9.17) is 11.6 Å². The van der Waals surface area contributed by atoms with Crippen molar-refractivity contribution in [2.24, 2.45) is 0 Å². The Hall–Kier alpha value is -0.280. The molecule has 0 amide bonds. The van der Waals surface area contributed by atoms with E-state index in [1.54, 1.807) is 12.1 Å². The minimum Gasteiger partial charge on any atom is -0.314 e. The van der Waals surface area contributed by atoms with Crippen LogP contribution in [0, 0.1) is 0 Å². The van der Waals surface area contributed by atoms with E-state index in [0.29, 0.717) is 26.8 Å². The molecule has 0 unspecified atom stereocenters. The van der Waals surface area contributed by atoms with E-state index < -0.39 is 0 Å². The van der Waals surface area contributed by atoms with Crippen LogP contribution in [-0.2, 0) is 11.3 Å². The van der Waals surface area contributed by atoms with Gasteiger partial charge in [0.25, 0.3) is 5.56 Å². The number of carbonyl (C=O) groups is 1. The lowest BCUT2D eigenvalue weighted by Crippen LogP contribution is -2.37. The Bertz CT molecular complexity index is 807. The second-order valence-corrected chi connectivity index (χ2v) is 7.11. The zero-order valence-corrected chi connectivity index (χ0v) is 19.1. The van der Waals surface area contributed by atoms with Crippen LogP contribution >= 0.6 is 61.5 Å². The van der Waals surface area contributed by atoms with E-state index in [1.807, 2.05) is 0 Å². The van der Waals surface area contributed by atoms with Gasteiger partial charge in [-0.05, 0) is 47.4 Å². The number of nitrogens with zero attached hydrogens (tertiary/aromatic N) is 2. The summed E-state index contributed by atoms with van der Waals surface area (Å²) in [6.07, 6.45) is 5.20. The first-order valence-corrected chi connectivity index (χ1v) is 8.81. The first kappa shape index (κ1) is 22.8. The summed E-state index contributed by atoms with van der Waals surface area (Å²) in [5.41, 5.74) is 0.318. The van der Waals surface area contributed by atoms with Gasteiger partial charge < -0.3 is 5.32 Å². The molecule has 1 aromatic carbocycles. The molecule has 0 aliphatic carbocycles. The van der Waals surface area contributed by atoms with Gasteiger partial charge in [0.15, 0.2) is 5.78 Å².